The van der Waals surface area contributed by atoms with Crippen LogP contribution in [-0.2, 0) is 14.8 Å². The van der Waals surface area contributed by atoms with Gasteiger partial charge in [0, 0.05) is 43.3 Å². The molecule has 1 heterocycles. The van der Waals surface area contributed by atoms with Crippen molar-refractivity contribution in [3.05, 3.63) is 28.2 Å². The molecule has 0 atom stereocenters. The van der Waals surface area contributed by atoms with Gasteiger partial charge >= 0.3 is 0 Å². The van der Waals surface area contributed by atoms with Gasteiger partial charge in [-0.1, -0.05) is 23.2 Å². The van der Waals surface area contributed by atoms with Crippen LogP contribution in [0.4, 0.5) is 0 Å². The van der Waals surface area contributed by atoms with Crippen molar-refractivity contribution >= 4 is 39.1 Å². The average Bonchev–Trinajstić information content (AvgIpc) is 2.56. The molecule has 1 fully saturated rings. The minimum atomic E-state index is -3.72. The van der Waals surface area contributed by atoms with E-state index in [-0.39, 0.29) is 27.9 Å². The molecule has 1 aromatic rings. The van der Waals surface area contributed by atoms with Crippen molar-refractivity contribution in [2.24, 2.45) is 0 Å². The van der Waals surface area contributed by atoms with E-state index in [1.807, 2.05) is 37.5 Å². The topological polar surface area (TPSA) is 60.9 Å². The molecule has 6 nitrogen and oxygen atoms in total. The monoisotopic (exact) mass is 435 g/mol. The average molecular weight is 436 g/mol. The molecule has 9 heteroatoms. The Labute approximate surface area is 172 Å². The van der Waals surface area contributed by atoms with Gasteiger partial charge < -0.3 is 4.90 Å². The van der Waals surface area contributed by atoms with Gasteiger partial charge in [-0.3, -0.25) is 9.69 Å². The highest BCUT2D eigenvalue weighted by Crippen LogP contribution is 2.28. The van der Waals surface area contributed by atoms with Crippen molar-refractivity contribution in [2.75, 3.05) is 32.7 Å². The molecule has 0 saturated carbocycles. The number of hydrogen-bond acceptors (Lipinski definition) is 4. The van der Waals surface area contributed by atoms with Crippen LogP contribution in [0.1, 0.15) is 27.7 Å². The number of halogens is 2. The Hall–Kier alpha value is -0.860. The first-order chi connectivity index (χ1) is 12.5. The van der Waals surface area contributed by atoms with Crippen LogP contribution in [0.25, 0.3) is 0 Å². The molecule has 0 radical (unpaired) electrons. The van der Waals surface area contributed by atoms with Gasteiger partial charge in [0.05, 0.1) is 11.6 Å². The summed E-state index contributed by atoms with van der Waals surface area (Å²) in [4.78, 5) is 16.5. The van der Waals surface area contributed by atoms with Crippen LogP contribution in [0.15, 0.2) is 23.1 Å². The predicted molar refractivity (Wildman–Crippen MR) is 109 cm³/mol. The van der Waals surface area contributed by atoms with Gasteiger partial charge in [-0.2, -0.15) is 4.31 Å². The van der Waals surface area contributed by atoms with Crippen molar-refractivity contribution < 1.29 is 13.2 Å². The molecule has 1 saturated heterocycles. The molecule has 0 aromatic heterocycles. The van der Waals surface area contributed by atoms with Crippen LogP contribution in [-0.4, -0.2) is 73.2 Å². The van der Waals surface area contributed by atoms with Gasteiger partial charge in [0.2, 0.25) is 15.9 Å². The van der Waals surface area contributed by atoms with Crippen LogP contribution in [0.2, 0.25) is 10.0 Å². The molecule has 0 N–H and O–H groups in total. The Morgan fingerprint density at radius 2 is 1.63 bits per heavy atom. The minimum Gasteiger partial charge on any atom is -0.337 e. The molecule has 1 aromatic carbocycles. The van der Waals surface area contributed by atoms with Crippen LogP contribution in [0.5, 0.6) is 0 Å². The quantitative estimate of drug-likeness (QED) is 0.688. The molecule has 2 rings (SSSR count). The molecule has 1 amide bonds. The summed E-state index contributed by atoms with van der Waals surface area (Å²) in [7, 11) is -3.72. The van der Waals surface area contributed by atoms with E-state index < -0.39 is 10.0 Å². The molecule has 1 aliphatic rings. The summed E-state index contributed by atoms with van der Waals surface area (Å²) in [5.41, 5.74) is 0. The number of nitrogens with zero attached hydrogens (tertiary/aromatic N) is 3. The highest BCUT2D eigenvalue weighted by atomic mass is 35.5. The van der Waals surface area contributed by atoms with E-state index in [0.717, 1.165) is 0 Å². The maximum Gasteiger partial charge on any atom is 0.244 e. The molecule has 27 heavy (non-hydrogen) atoms. The number of piperazine rings is 1. The first kappa shape index (κ1) is 22.4. The number of hydrogen-bond donors (Lipinski definition) is 0. The van der Waals surface area contributed by atoms with Crippen molar-refractivity contribution in [1.82, 2.24) is 14.1 Å². The summed E-state index contributed by atoms with van der Waals surface area (Å²) < 4.78 is 27.1. The molecule has 0 bridgehead atoms. The van der Waals surface area contributed by atoms with Crippen molar-refractivity contribution in [2.45, 2.75) is 44.7 Å². The molecular formula is C18H27Cl2N3O3S. The largest absolute Gasteiger partial charge is 0.337 e. The normalized spacial score (nSPS) is 16.9. The lowest BCUT2D eigenvalue weighted by atomic mass is 10.2. The Balaban J connectivity index is 2.02. The van der Waals surface area contributed by atoms with Gasteiger partial charge in [-0.05, 0) is 45.9 Å². The van der Waals surface area contributed by atoms with Crippen molar-refractivity contribution in [1.29, 1.82) is 0 Å². The highest BCUT2D eigenvalue weighted by Gasteiger charge is 2.31. The van der Waals surface area contributed by atoms with E-state index in [1.54, 1.807) is 6.07 Å². The van der Waals surface area contributed by atoms with Gasteiger partial charge in [0.25, 0.3) is 0 Å². The van der Waals surface area contributed by atoms with E-state index in [9.17, 15) is 13.2 Å². The third-order valence-electron chi connectivity index (χ3n) is 4.60. The summed E-state index contributed by atoms with van der Waals surface area (Å²) in [5, 5.41) is 0.478. The summed E-state index contributed by atoms with van der Waals surface area (Å²) in [5.74, 6) is 0.0641. The number of amides is 1. The fourth-order valence-corrected chi connectivity index (χ4v) is 5.55. The second kappa shape index (κ2) is 9.09. The molecule has 0 aliphatic carbocycles. The lowest BCUT2D eigenvalue weighted by molar-refractivity contribution is -0.136. The predicted octanol–water partition coefficient (Wildman–Crippen LogP) is 2.95. The number of sulfonamides is 1. The van der Waals surface area contributed by atoms with Crippen molar-refractivity contribution in [3.8, 4) is 0 Å². The van der Waals surface area contributed by atoms with E-state index >= 15 is 0 Å². The SMILES string of the molecule is CC(C)N(C(=O)CN1CCN(S(=O)(=O)c2cc(Cl)ccc2Cl)CC1)C(C)C. The number of carbonyl (C=O) groups is 1. The van der Waals surface area contributed by atoms with E-state index in [1.165, 1.54) is 16.4 Å². The molecule has 1 aliphatic heterocycles. The third-order valence-corrected chi connectivity index (χ3v) is 7.22. The van der Waals surface area contributed by atoms with Crippen LogP contribution in [0.3, 0.4) is 0 Å². The summed E-state index contributed by atoms with van der Waals surface area (Å²) in [6, 6.07) is 4.67. The van der Waals surface area contributed by atoms with Crippen molar-refractivity contribution in [3.63, 3.8) is 0 Å². The molecule has 152 valence electrons. The van der Waals surface area contributed by atoms with Crippen LogP contribution < -0.4 is 0 Å². The Kier molecular flexibility index (Phi) is 7.55. The van der Waals surface area contributed by atoms with E-state index in [0.29, 0.717) is 37.7 Å². The molecular weight excluding hydrogens is 409 g/mol. The number of benzene rings is 1. The summed E-state index contributed by atoms with van der Waals surface area (Å²) in [6.45, 7) is 9.88. The summed E-state index contributed by atoms with van der Waals surface area (Å²) >= 11 is 12.0. The second-order valence-corrected chi connectivity index (χ2v) is 9.99. The third kappa shape index (κ3) is 5.35. The zero-order valence-electron chi connectivity index (χ0n) is 16.2. The minimum absolute atomic E-state index is 0.0204. The maximum absolute atomic E-state index is 12.9. The van der Waals surface area contributed by atoms with E-state index in [2.05, 4.69) is 0 Å². The summed E-state index contributed by atoms with van der Waals surface area (Å²) in [6.07, 6.45) is 0. The van der Waals surface area contributed by atoms with E-state index in [4.69, 9.17) is 23.2 Å². The zero-order valence-corrected chi connectivity index (χ0v) is 18.5. The van der Waals surface area contributed by atoms with Crippen LogP contribution in [0, 0.1) is 0 Å². The molecule has 0 unspecified atom stereocenters. The Bertz CT molecular complexity index is 768. The van der Waals surface area contributed by atoms with Crippen LogP contribution >= 0.6 is 23.2 Å². The highest BCUT2D eigenvalue weighted by molar-refractivity contribution is 7.89. The van der Waals surface area contributed by atoms with Gasteiger partial charge in [0.1, 0.15) is 4.90 Å². The lowest BCUT2D eigenvalue weighted by Gasteiger charge is -2.36. The first-order valence-corrected chi connectivity index (χ1v) is 11.2. The fourth-order valence-electron chi connectivity index (χ4n) is 3.39. The van der Waals surface area contributed by atoms with Gasteiger partial charge in [-0.25, -0.2) is 8.42 Å². The van der Waals surface area contributed by atoms with Gasteiger partial charge in [-0.15, -0.1) is 0 Å². The lowest BCUT2D eigenvalue weighted by Crippen LogP contribution is -2.53. The fraction of sp³-hybridized carbons (Fsp3) is 0.611. The maximum atomic E-state index is 12.9. The van der Waals surface area contributed by atoms with Gasteiger partial charge in [0.15, 0.2) is 0 Å². The first-order valence-electron chi connectivity index (χ1n) is 9.02. The number of carbonyl (C=O) groups excluding carboxylic acids is 1. The second-order valence-electron chi connectivity index (χ2n) is 7.24. The Morgan fingerprint density at radius 1 is 1.07 bits per heavy atom. The number of rotatable bonds is 6. The smallest absolute Gasteiger partial charge is 0.244 e. The molecule has 0 spiro atoms. The Morgan fingerprint density at radius 3 is 2.15 bits per heavy atom. The standard InChI is InChI=1S/C18H27Cl2N3O3S/c1-13(2)23(14(3)4)18(24)12-21-7-9-22(10-8-21)27(25,26)17-11-15(19)5-6-16(17)20/h5-6,11,13-14H,7-10,12H2,1-4H3. The zero-order chi connectivity index (χ0) is 20.4.